The number of anilines is 1. The molecule has 3 rings (SSSR count). The molecule has 0 atom stereocenters. The first-order valence-electron chi connectivity index (χ1n) is 8.87. The molecule has 1 aliphatic rings. The molecule has 1 fully saturated rings. The van der Waals surface area contributed by atoms with Crippen molar-refractivity contribution in [1.82, 2.24) is 4.90 Å². The standard InChI is InChI=1S/C20H17ClF4N2O3/c1-30-18(28)12-2-3-13(17(23)8-12)10-27(14-4-5-16(22)15(21)9-14)19(29)26-7-6-20(24,25)11-26/h2-5,8-9H,6-7,10-11H2,1H3. The number of likely N-dealkylation sites (tertiary alicyclic amines) is 1. The second-order valence-corrected chi connectivity index (χ2v) is 7.20. The number of amides is 2. The molecule has 2 aromatic carbocycles. The van der Waals surface area contributed by atoms with Gasteiger partial charge in [-0.05, 0) is 30.3 Å². The van der Waals surface area contributed by atoms with Crippen molar-refractivity contribution in [3.05, 3.63) is 64.2 Å². The van der Waals surface area contributed by atoms with Gasteiger partial charge in [-0.1, -0.05) is 17.7 Å². The topological polar surface area (TPSA) is 49.9 Å². The minimum Gasteiger partial charge on any atom is -0.465 e. The number of nitrogens with zero attached hydrogens (tertiary/aromatic N) is 2. The number of urea groups is 1. The van der Waals surface area contributed by atoms with E-state index in [4.69, 9.17) is 11.6 Å². The number of hydrogen-bond acceptors (Lipinski definition) is 3. The molecule has 1 saturated heterocycles. The first-order valence-corrected chi connectivity index (χ1v) is 9.25. The largest absolute Gasteiger partial charge is 0.465 e. The molecular weight excluding hydrogens is 428 g/mol. The number of alkyl halides is 2. The van der Waals surface area contributed by atoms with Gasteiger partial charge in [-0.15, -0.1) is 0 Å². The van der Waals surface area contributed by atoms with Gasteiger partial charge >= 0.3 is 12.0 Å². The summed E-state index contributed by atoms with van der Waals surface area (Å²) in [5, 5.41) is -0.279. The van der Waals surface area contributed by atoms with E-state index in [2.05, 4.69) is 4.74 Å². The molecule has 0 bridgehead atoms. The molecule has 0 unspecified atom stereocenters. The van der Waals surface area contributed by atoms with Crippen molar-refractivity contribution in [2.75, 3.05) is 25.1 Å². The lowest BCUT2D eigenvalue weighted by molar-refractivity contribution is 0.0156. The van der Waals surface area contributed by atoms with E-state index in [1.807, 2.05) is 0 Å². The van der Waals surface area contributed by atoms with Crippen molar-refractivity contribution >= 4 is 29.3 Å². The van der Waals surface area contributed by atoms with Crippen LogP contribution in [-0.4, -0.2) is 43.0 Å². The van der Waals surface area contributed by atoms with Crippen LogP contribution in [0.15, 0.2) is 36.4 Å². The molecule has 1 heterocycles. The molecule has 0 N–H and O–H groups in total. The van der Waals surface area contributed by atoms with Gasteiger partial charge in [-0.2, -0.15) is 0 Å². The van der Waals surface area contributed by atoms with Crippen LogP contribution >= 0.6 is 11.6 Å². The number of benzene rings is 2. The Hall–Kier alpha value is -2.81. The fourth-order valence-electron chi connectivity index (χ4n) is 3.08. The van der Waals surface area contributed by atoms with E-state index >= 15 is 0 Å². The van der Waals surface area contributed by atoms with Gasteiger partial charge in [0.2, 0.25) is 0 Å². The summed E-state index contributed by atoms with van der Waals surface area (Å²) < 4.78 is 59.9. The van der Waals surface area contributed by atoms with Gasteiger partial charge in [-0.25, -0.2) is 27.2 Å². The van der Waals surface area contributed by atoms with Crippen LogP contribution in [0, 0.1) is 11.6 Å². The zero-order valence-corrected chi connectivity index (χ0v) is 16.6. The predicted molar refractivity (Wildman–Crippen MR) is 102 cm³/mol. The summed E-state index contributed by atoms with van der Waals surface area (Å²) in [5.41, 5.74) is 0.0982. The molecule has 0 aromatic heterocycles. The maximum absolute atomic E-state index is 14.6. The normalized spacial score (nSPS) is 15.2. The first kappa shape index (κ1) is 21.9. The van der Waals surface area contributed by atoms with E-state index in [-0.39, 0.29) is 34.9 Å². The number of carbonyl (C=O) groups excluding carboxylic acids is 2. The number of esters is 1. The molecule has 0 aliphatic carbocycles. The highest BCUT2D eigenvalue weighted by atomic mass is 35.5. The minimum atomic E-state index is -3.02. The molecule has 160 valence electrons. The van der Waals surface area contributed by atoms with E-state index in [9.17, 15) is 27.2 Å². The molecule has 0 radical (unpaired) electrons. The van der Waals surface area contributed by atoms with E-state index in [1.54, 1.807) is 0 Å². The van der Waals surface area contributed by atoms with E-state index in [1.165, 1.54) is 18.2 Å². The molecule has 0 saturated carbocycles. The Morgan fingerprint density at radius 3 is 2.47 bits per heavy atom. The van der Waals surface area contributed by atoms with Gasteiger partial charge < -0.3 is 9.64 Å². The fraction of sp³-hybridized carbons (Fsp3) is 0.300. The first-order chi connectivity index (χ1) is 14.1. The summed E-state index contributed by atoms with van der Waals surface area (Å²) in [4.78, 5) is 26.5. The third-order valence-electron chi connectivity index (χ3n) is 4.69. The minimum absolute atomic E-state index is 0.0161. The van der Waals surface area contributed by atoms with Gasteiger partial charge in [-0.3, -0.25) is 4.90 Å². The lowest BCUT2D eigenvalue weighted by atomic mass is 10.1. The molecule has 2 amide bonds. The van der Waals surface area contributed by atoms with Crippen LogP contribution < -0.4 is 4.90 Å². The lowest BCUT2D eigenvalue weighted by Crippen LogP contribution is -2.43. The highest BCUT2D eigenvalue weighted by Gasteiger charge is 2.41. The van der Waals surface area contributed by atoms with Crippen LogP contribution in [0.2, 0.25) is 5.02 Å². The smallest absolute Gasteiger partial charge is 0.337 e. The lowest BCUT2D eigenvalue weighted by Gasteiger charge is -2.28. The summed E-state index contributed by atoms with van der Waals surface area (Å²) in [7, 11) is 1.15. The highest BCUT2D eigenvalue weighted by molar-refractivity contribution is 6.31. The Morgan fingerprint density at radius 2 is 1.90 bits per heavy atom. The SMILES string of the molecule is COC(=O)c1ccc(CN(C(=O)N2CCC(F)(F)C2)c2ccc(F)c(Cl)c2)c(F)c1. The number of methoxy groups -OCH3 is 1. The molecular formula is C20H17ClF4N2O3. The van der Waals surface area contributed by atoms with Crippen LogP contribution in [-0.2, 0) is 11.3 Å². The van der Waals surface area contributed by atoms with Crippen molar-refractivity contribution in [3.8, 4) is 0 Å². The molecule has 30 heavy (non-hydrogen) atoms. The fourth-order valence-corrected chi connectivity index (χ4v) is 3.26. The molecule has 5 nitrogen and oxygen atoms in total. The number of rotatable bonds is 4. The second kappa shape index (κ2) is 8.51. The Balaban J connectivity index is 1.94. The molecule has 10 heteroatoms. The van der Waals surface area contributed by atoms with Crippen LogP contribution in [0.25, 0.3) is 0 Å². The molecule has 2 aromatic rings. The Labute approximate surface area is 174 Å². The summed E-state index contributed by atoms with van der Waals surface area (Å²) in [6.45, 7) is -1.31. The quantitative estimate of drug-likeness (QED) is 0.499. The molecule has 1 aliphatic heterocycles. The summed E-state index contributed by atoms with van der Waals surface area (Å²) in [6, 6.07) is 6.17. The van der Waals surface area contributed by atoms with Gasteiger partial charge in [0.05, 0.1) is 30.8 Å². The summed E-state index contributed by atoms with van der Waals surface area (Å²) >= 11 is 5.80. The van der Waals surface area contributed by atoms with E-state index in [0.717, 1.165) is 35.1 Å². The summed E-state index contributed by atoms with van der Waals surface area (Å²) in [5.74, 6) is -5.28. The third-order valence-corrected chi connectivity index (χ3v) is 4.98. The average Bonchev–Trinajstić information content (AvgIpc) is 3.08. The van der Waals surface area contributed by atoms with Crippen LogP contribution in [0.4, 0.5) is 28.0 Å². The Kier molecular flexibility index (Phi) is 6.21. The third kappa shape index (κ3) is 4.67. The zero-order valence-electron chi connectivity index (χ0n) is 15.8. The summed E-state index contributed by atoms with van der Waals surface area (Å²) in [6.07, 6.45) is -0.487. The van der Waals surface area contributed by atoms with E-state index in [0.29, 0.717) is 0 Å². The number of ether oxygens (including phenoxy) is 1. The molecule has 0 spiro atoms. The van der Waals surface area contributed by atoms with Crippen molar-refractivity contribution < 1.29 is 31.9 Å². The van der Waals surface area contributed by atoms with Crippen LogP contribution in [0.3, 0.4) is 0 Å². The monoisotopic (exact) mass is 444 g/mol. The Morgan fingerprint density at radius 1 is 1.17 bits per heavy atom. The zero-order chi connectivity index (χ0) is 22.1. The number of carbonyl (C=O) groups is 2. The average molecular weight is 445 g/mol. The van der Waals surface area contributed by atoms with Gasteiger partial charge in [0.1, 0.15) is 11.6 Å². The highest BCUT2D eigenvalue weighted by Crippen LogP contribution is 2.31. The van der Waals surface area contributed by atoms with Crippen LogP contribution in [0.5, 0.6) is 0 Å². The van der Waals surface area contributed by atoms with Gasteiger partial charge in [0, 0.05) is 24.2 Å². The van der Waals surface area contributed by atoms with Gasteiger partial charge in [0.15, 0.2) is 0 Å². The number of halogens is 5. The van der Waals surface area contributed by atoms with Crippen molar-refractivity contribution in [2.45, 2.75) is 18.9 Å². The maximum Gasteiger partial charge on any atom is 0.337 e. The van der Waals surface area contributed by atoms with Gasteiger partial charge in [0.25, 0.3) is 5.92 Å². The van der Waals surface area contributed by atoms with Crippen molar-refractivity contribution in [1.29, 1.82) is 0 Å². The Bertz CT molecular complexity index is 987. The number of hydrogen-bond donors (Lipinski definition) is 0. The van der Waals surface area contributed by atoms with Crippen LogP contribution in [0.1, 0.15) is 22.3 Å². The second-order valence-electron chi connectivity index (χ2n) is 6.79. The van der Waals surface area contributed by atoms with E-state index < -0.39 is 42.5 Å². The van der Waals surface area contributed by atoms with Crippen molar-refractivity contribution in [3.63, 3.8) is 0 Å². The predicted octanol–water partition coefficient (Wildman–Crippen LogP) is 4.87. The maximum atomic E-state index is 14.6. The van der Waals surface area contributed by atoms with Crippen molar-refractivity contribution in [2.24, 2.45) is 0 Å².